The minimum atomic E-state index is -1.06. The molecule has 2 N–H and O–H groups in total. The van der Waals surface area contributed by atoms with Gasteiger partial charge in [0.05, 0.1) is 5.56 Å². The summed E-state index contributed by atoms with van der Waals surface area (Å²) in [5.74, 6) is -1.18. The van der Waals surface area contributed by atoms with E-state index in [-0.39, 0.29) is 42.3 Å². The molecule has 0 aliphatic heterocycles. The molecule has 0 fully saturated rings. The molecule has 1 aromatic rings. The second kappa shape index (κ2) is 4.77. The Labute approximate surface area is 98.6 Å². The molecule has 60 valence electrons. The van der Waals surface area contributed by atoms with E-state index >= 15 is 0 Å². The van der Waals surface area contributed by atoms with E-state index in [2.05, 4.69) is 12.6 Å². The fourth-order valence-electron chi connectivity index (χ4n) is 0.656. The van der Waals surface area contributed by atoms with Crippen molar-refractivity contribution in [2.24, 2.45) is 0 Å². The van der Waals surface area contributed by atoms with Crippen molar-refractivity contribution in [3.05, 3.63) is 23.8 Å². The topological polar surface area (TPSA) is 57.5 Å². The quantitative estimate of drug-likeness (QED) is 0.376. The van der Waals surface area contributed by atoms with Gasteiger partial charge in [-0.25, -0.2) is 4.79 Å². The fraction of sp³-hybridized carbons (Fsp3) is 0. The predicted molar refractivity (Wildman–Crippen MR) is 43.4 cm³/mol. The van der Waals surface area contributed by atoms with E-state index < -0.39 is 5.97 Å². The number of aromatic hydroxyl groups is 1. The molecule has 0 heterocycles. The van der Waals surface area contributed by atoms with E-state index in [1.54, 1.807) is 0 Å². The molecule has 12 heavy (non-hydrogen) atoms. The van der Waals surface area contributed by atoms with Gasteiger partial charge in [-0.2, -0.15) is 0 Å². The SMILES string of the molecule is O=C(O)c1ccc(S)c(O)c1.[H-].[Na+]. The van der Waals surface area contributed by atoms with E-state index in [1.807, 2.05) is 0 Å². The zero-order valence-electron chi connectivity index (χ0n) is 7.48. The molecular formula is C7H7NaO3S. The first-order chi connectivity index (χ1) is 5.11. The normalized spacial score (nSPS) is 8.75. The summed E-state index contributed by atoms with van der Waals surface area (Å²) in [6, 6.07) is 3.97. The third kappa shape index (κ3) is 2.71. The molecule has 0 radical (unpaired) electrons. The second-order valence-electron chi connectivity index (χ2n) is 2.01. The first kappa shape index (κ1) is 11.8. The zero-order valence-corrected chi connectivity index (χ0v) is 9.38. The van der Waals surface area contributed by atoms with Crippen molar-refractivity contribution in [1.29, 1.82) is 0 Å². The minimum Gasteiger partial charge on any atom is -1.00 e. The third-order valence-corrected chi connectivity index (χ3v) is 1.60. The Morgan fingerprint density at radius 3 is 2.50 bits per heavy atom. The van der Waals surface area contributed by atoms with E-state index in [1.165, 1.54) is 12.1 Å². The number of benzene rings is 1. The van der Waals surface area contributed by atoms with Gasteiger partial charge in [-0.3, -0.25) is 0 Å². The van der Waals surface area contributed by atoms with Crippen LogP contribution in [0.1, 0.15) is 11.8 Å². The fourth-order valence-corrected chi connectivity index (χ4v) is 0.796. The molecule has 0 aliphatic carbocycles. The molecule has 0 amide bonds. The number of aromatic carboxylic acids is 1. The van der Waals surface area contributed by atoms with Gasteiger partial charge in [-0.1, -0.05) is 0 Å². The van der Waals surface area contributed by atoms with Gasteiger partial charge in [0, 0.05) is 4.90 Å². The van der Waals surface area contributed by atoms with Crippen LogP contribution >= 0.6 is 12.6 Å². The van der Waals surface area contributed by atoms with Gasteiger partial charge in [-0.05, 0) is 18.2 Å². The van der Waals surface area contributed by atoms with Crippen LogP contribution in [0.4, 0.5) is 0 Å². The molecule has 0 saturated carbocycles. The Morgan fingerprint density at radius 1 is 1.50 bits per heavy atom. The molecule has 1 aromatic carbocycles. The second-order valence-corrected chi connectivity index (χ2v) is 2.49. The summed E-state index contributed by atoms with van der Waals surface area (Å²) >= 11 is 3.87. The summed E-state index contributed by atoms with van der Waals surface area (Å²) in [7, 11) is 0. The number of carboxylic acids is 1. The Bertz CT molecular complexity index is 306. The van der Waals surface area contributed by atoms with Crippen LogP contribution in [0.3, 0.4) is 0 Å². The van der Waals surface area contributed by atoms with Gasteiger partial charge in [0.25, 0.3) is 0 Å². The molecular weight excluding hydrogens is 187 g/mol. The number of carboxylic acid groups (broad SMARTS) is 1. The average Bonchev–Trinajstić information content (AvgIpc) is 1.94. The van der Waals surface area contributed by atoms with Gasteiger partial charge in [0.2, 0.25) is 0 Å². The van der Waals surface area contributed by atoms with Crippen molar-refractivity contribution in [2.75, 3.05) is 0 Å². The van der Waals surface area contributed by atoms with Crippen LogP contribution in [0.25, 0.3) is 0 Å². The molecule has 0 unspecified atom stereocenters. The van der Waals surface area contributed by atoms with Crippen molar-refractivity contribution in [1.82, 2.24) is 0 Å². The van der Waals surface area contributed by atoms with Crippen LogP contribution in [0.2, 0.25) is 0 Å². The third-order valence-electron chi connectivity index (χ3n) is 1.22. The van der Waals surface area contributed by atoms with Crippen molar-refractivity contribution in [3.63, 3.8) is 0 Å². The monoisotopic (exact) mass is 194 g/mol. The minimum absolute atomic E-state index is 0. The van der Waals surface area contributed by atoms with Crippen LogP contribution < -0.4 is 29.6 Å². The van der Waals surface area contributed by atoms with Crippen LogP contribution in [-0.4, -0.2) is 16.2 Å². The Kier molecular flexibility index (Phi) is 4.70. The van der Waals surface area contributed by atoms with E-state index in [0.717, 1.165) is 6.07 Å². The molecule has 0 aromatic heterocycles. The number of phenolic OH excluding ortho intramolecular Hbond substituents is 1. The van der Waals surface area contributed by atoms with Crippen LogP contribution in [0.5, 0.6) is 5.75 Å². The van der Waals surface area contributed by atoms with Gasteiger partial charge < -0.3 is 11.6 Å². The smallest absolute Gasteiger partial charge is 1.00 e. The van der Waals surface area contributed by atoms with Crippen LogP contribution in [0.15, 0.2) is 23.1 Å². The number of hydrogen-bond acceptors (Lipinski definition) is 3. The largest absolute Gasteiger partial charge is 1.00 e. The zero-order chi connectivity index (χ0) is 8.43. The molecule has 5 heteroatoms. The molecule has 0 aliphatic rings. The summed E-state index contributed by atoms with van der Waals surface area (Å²) in [4.78, 5) is 10.7. The Hall–Kier alpha value is -0.160. The standard InChI is InChI=1S/C7H6O3S.Na.H/c8-5-3-4(7(9)10)1-2-6(5)11;;/h1-3,8,11H,(H,9,10);;/q;+1;-1. The van der Waals surface area contributed by atoms with Gasteiger partial charge in [0.1, 0.15) is 5.75 Å². The number of phenols is 1. The maximum Gasteiger partial charge on any atom is 1.00 e. The molecule has 1 rings (SSSR count). The van der Waals surface area contributed by atoms with Crippen molar-refractivity contribution < 1.29 is 46.0 Å². The summed E-state index contributed by atoms with van der Waals surface area (Å²) in [6.07, 6.45) is 0. The Morgan fingerprint density at radius 2 is 2.08 bits per heavy atom. The molecule has 0 saturated heterocycles. The summed E-state index contributed by atoms with van der Waals surface area (Å²) in [6.45, 7) is 0. The van der Waals surface area contributed by atoms with Crippen molar-refractivity contribution >= 4 is 18.6 Å². The molecule has 0 bridgehead atoms. The van der Waals surface area contributed by atoms with E-state index in [9.17, 15) is 4.79 Å². The maximum absolute atomic E-state index is 10.3. The number of hydrogen-bond donors (Lipinski definition) is 3. The van der Waals surface area contributed by atoms with Gasteiger partial charge in [0.15, 0.2) is 0 Å². The summed E-state index contributed by atoms with van der Waals surface area (Å²) in [5, 5.41) is 17.5. The van der Waals surface area contributed by atoms with Gasteiger partial charge >= 0.3 is 35.5 Å². The predicted octanol–water partition coefficient (Wildman–Crippen LogP) is -1.50. The van der Waals surface area contributed by atoms with Crippen LogP contribution in [-0.2, 0) is 0 Å². The maximum atomic E-state index is 10.3. The number of carbonyl (C=O) groups is 1. The van der Waals surface area contributed by atoms with Crippen molar-refractivity contribution in [3.8, 4) is 5.75 Å². The summed E-state index contributed by atoms with van der Waals surface area (Å²) in [5.41, 5.74) is 0.0558. The number of thiol groups is 1. The Balaban J connectivity index is 0. The van der Waals surface area contributed by atoms with E-state index in [4.69, 9.17) is 10.2 Å². The summed E-state index contributed by atoms with van der Waals surface area (Å²) < 4.78 is 0. The van der Waals surface area contributed by atoms with Crippen LogP contribution in [0, 0.1) is 0 Å². The first-order valence-corrected chi connectivity index (χ1v) is 3.31. The first-order valence-electron chi connectivity index (χ1n) is 2.86. The molecule has 0 atom stereocenters. The van der Waals surface area contributed by atoms with E-state index in [0.29, 0.717) is 4.90 Å². The van der Waals surface area contributed by atoms with Crippen molar-refractivity contribution in [2.45, 2.75) is 4.90 Å². The average molecular weight is 194 g/mol. The molecule has 3 nitrogen and oxygen atoms in total. The molecule has 0 spiro atoms. The number of rotatable bonds is 1. The van der Waals surface area contributed by atoms with Gasteiger partial charge in [-0.15, -0.1) is 12.6 Å².